The molecule has 0 aliphatic rings. The number of rotatable bonds is 3. The Balaban J connectivity index is 2.22. The van der Waals surface area contributed by atoms with Gasteiger partial charge in [-0.15, -0.1) is 10.2 Å². The number of nitrogens with zero attached hydrogens (tertiary/aromatic N) is 3. The highest BCUT2D eigenvalue weighted by Crippen LogP contribution is 2.24. The minimum atomic E-state index is 0.118. The molecule has 0 aliphatic heterocycles. The third kappa shape index (κ3) is 2.59. The Bertz CT molecular complexity index is 542. The second kappa shape index (κ2) is 5.31. The van der Waals surface area contributed by atoms with Crippen molar-refractivity contribution in [3.63, 3.8) is 0 Å². The summed E-state index contributed by atoms with van der Waals surface area (Å²) >= 11 is 5.93. The van der Waals surface area contributed by atoms with Gasteiger partial charge in [-0.2, -0.15) is 0 Å². The number of hydrogen-bond acceptors (Lipinski definition) is 4. The number of nitrogens with one attached hydrogen (secondary N) is 1. The van der Waals surface area contributed by atoms with E-state index in [1.807, 2.05) is 32.2 Å². The molecule has 94 valence electrons. The fourth-order valence-electron chi connectivity index (χ4n) is 1.63. The predicted molar refractivity (Wildman–Crippen MR) is 72.8 cm³/mol. The van der Waals surface area contributed by atoms with Crippen LogP contribution in [-0.4, -0.2) is 15.2 Å². The first kappa shape index (κ1) is 12.8. The lowest BCUT2D eigenvalue weighted by molar-refractivity contribution is 0.847. The molecule has 2 rings (SSSR count). The van der Waals surface area contributed by atoms with Crippen LogP contribution in [0.1, 0.15) is 29.7 Å². The van der Waals surface area contributed by atoms with Gasteiger partial charge in [0.1, 0.15) is 0 Å². The van der Waals surface area contributed by atoms with E-state index in [2.05, 4.69) is 27.4 Å². The quantitative estimate of drug-likeness (QED) is 0.922. The van der Waals surface area contributed by atoms with Crippen LogP contribution in [0.5, 0.6) is 0 Å². The number of pyridine rings is 1. The molecule has 2 aromatic rings. The van der Waals surface area contributed by atoms with Crippen LogP contribution < -0.4 is 5.32 Å². The van der Waals surface area contributed by atoms with E-state index in [9.17, 15) is 0 Å². The SMILES string of the molecule is Cc1c(Cl)nnc(NC(C)c2cccnc2)c1C. The van der Waals surface area contributed by atoms with E-state index in [0.717, 1.165) is 22.5 Å². The van der Waals surface area contributed by atoms with Gasteiger partial charge in [0.2, 0.25) is 0 Å². The van der Waals surface area contributed by atoms with E-state index < -0.39 is 0 Å². The van der Waals surface area contributed by atoms with Crippen molar-refractivity contribution in [2.24, 2.45) is 0 Å². The van der Waals surface area contributed by atoms with Gasteiger partial charge in [0.05, 0.1) is 6.04 Å². The van der Waals surface area contributed by atoms with Crippen LogP contribution >= 0.6 is 11.6 Å². The maximum Gasteiger partial charge on any atom is 0.155 e. The number of anilines is 1. The van der Waals surface area contributed by atoms with Gasteiger partial charge in [0.25, 0.3) is 0 Å². The molecule has 2 aromatic heterocycles. The fraction of sp³-hybridized carbons (Fsp3) is 0.308. The molecule has 1 N–H and O–H groups in total. The van der Waals surface area contributed by atoms with Gasteiger partial charge in [-0.25, -0.2) is 0 Å². The molecule has 1 atom stereocenters. The summed E-state index contributed by atoms with van der Waals surface area (Å²) in [6.07, 6.45) is 3.59. The maximum absolute atomic E-state index is 5.93. The zero-order chi connectivity index (χ0) is 13.1. The molecule has 0 saturated carbocycles. The molecule has 0 aliphatic carbocycles. The van der Waals surface area contributed by atoms with Gasteiger partial charge in [-0.1, -0.05) is 17.7 Å². The molecular weight excluding hydrogens is 248 g/mol. The zero-order valence-corrected chi connectivity index (χ0v) is 11.4. The Morgan fingerprint density at radius 3 is 2.67 bits per heavy atom. The van der Waals surface area contributed by atoms with Gasteiger partial charge < -0.3 is 5.32 Å². The first-order chi connectivity index (χ1) is 8.59. The van der Waals surface area contributed by atoms with Gasteiger partial charge >= 0.3 is 0 Å². The van der Waals surface area contributed by atoms with Gasteiger partial charge in [-0.3, -0.25) is 4.98 Å². The van der Waals surface area contributed by atoms with Crippen molar-refractivity contribution in [2.75, 3.05) is 5.32 Å². The van der Waals surface area contributed by atoms with Crippen molar-refractivity contribution < 1.29 is 0 Å². The monoisotopic (exact) mass is 262 g/mol. The lowest BCUT2D eigenvalue weighted by Crippen LogP contribution is -2.11. The van der Waals surface area contributed by atoms with E-state index in [-0.39, 0.29) is 6.04 Å². The highest BCUT2D eigenvalue weighted by Gasteiger charge is 2.11. The molecule has 0 fully saturated rings. The second-order valence-electron chi connectivity index (χ2n) is 4.24. The largest absolute Gasteiger partial charge is 0.362 e. The van der Waals surface area contributed by atoms with Crippen LogP contribution in [0, 0.1) is 13.8 Å². The Morgan fingerprint density at radius 1 is 1.22 bits per heavy atom. The minimum absolute atomic E-state index is 0.118. The van der Waals surface area contributed by atoms with Crippen LogP contribution in [-0.2, 0) is 0 Å². The van der Waals surface area contributed by atoms with Gasteiger partial charge in [0.15, 0.2) is 11.0 Å². The van der Waals surface area contributed by atoms with Crippen LogP contribution in [0.3, 0.4) is 0 Å². The third-order valence-corrected chi connectivity index (χ3v) is 3.36. The van der Waals surface area contributed by atoms with Crippen LogP contribution in [0.15, 0.2) is 24.5 Å². The maximum atomic E-state index is 5.93. The summed E-state index contributed by atoms with van der Waals surface area (Å²) in [6.45, 7) is 5.97. The summed E-state index contributed by atoms with van der Waals surface area (Å²) in [5.74, 6) is 0.758. The lowest BCUT2D eigenvalue weighted by Gasteiger charge is -2.16. The molecule has 2 heterocycles. The predicted octanol–water partition coefficient (Wildman–Crippen LogP) is 3.31. The summed E-state index contributed by atoms with van der Waals surface area (Å²) in [6, 6.07) is 4.06. The van der Waals surface area contributed by atoms with Crippen molar-refractivity contribution >= 4 is 17.4 Å². The van der Waals surface area contributed by atoms with Gasteiger partial charge in [0, 0.05) is 12.4 Å². The van der Waals surface area contributed by atoms with Crippen LogP contribution in [0.2, 0.25) is 5.15 Å². The number of hydrogen-bond donors (Lipinski definition) is 1. The molecule has 0 radical (unpaired) electrons. The fourth-order valence-corrected chi connectivity index (χ4v) is 1.81. The van der Waals surface area contributed by atoms with E-state index >= 15 is 0 Å². The Morgan fingerprint density at radius 2 is 2.00 bits per heavy atom. The summed E-state index contributed by atoms with van der Waals surface area (Å²) < 4.78 is 0. The topological polar surface area (TPSA) is 50.7 Å². The number of aromatic nitrogens is 3. The van der Waals surface area contributed by atoms with E-state index in [1.54, 1.807) is 6.20 Å². The minimum Gasteiger partial charge on any atom is -0.362 e. The summed E-state index contributed by atoms with van der Waals surface area (Å²) in [7, 11) is 0. The lowest BCUT2D eigenvalue weighted by atomic mass is 10.1. The van der Waals surface area contributed by atoms with Crippen molar-refractivity contribution in [3.8, 4) is 0 Å². The summed E-state index contributed by atoms with van der Waals surface area (Å²) in [5, 5.41) is 11.8. The highest BCUT2D eigenvalue weighted by atomic mass is 35.5. The van der Waals surface area contributed by atoms with Crippen molar-refractivity contribution in [1.29, 1.82) is 0 Å². The smallest absolute Gasteiger partial charge is 0.155 e. The first-order valence-corrected chi connectivity index (χ1v) is 6.13. The molecule has 18 heavy (non-hydrogen) atoms. The standard InChI is InChI=1S/C13H15ClN4/c1-8-9(2)13(18-17-12(8)14)16-10(3)11-5-4-6-15-7-11/h4-7,10H,1-3H3,(H,16,18). The van der Waals surface area contributed by atoms with Crippen LogP contribution in [0.25, 0.3) is 0 Å². The molecular formula is C13H15ClN4. The molecule has 0 saturated heterocycles. The average molecular weight is 263 g/mol. The molecule has 0 aromatic carbocycles. The Hall–Kier alpha value is -1.68. The molecule has 5 heteroatoms. The van der Waals surface area contributed by atoms with Crippen molar-refractivity contribution in [3.05, 3.63) is 46.4 Å². The molecule has 1 unspecified atom stereocenters. The Labute approximate surface area is 111 Å². The normalized spacial score (nSPS) is 12.2. The average Bonchev–Trinajstić information content (AvgIpc) is 2.40. The van der Waals surface area contributed by atoms with E-state index in [0.29, 0.717) is 5.15 Å². The van der Waals surface area contributed by atoms with E-state index in [1.165, 1.54) is 0 Å². The third-order valence-electron chi connectivity index (χ3n) is 3.00. The van der Waals surface area contributed by atoms with E-state index in [4.69, 9.17) is 11.6 Å². The molecule has 0 amide bonds. The second-order valence-corrected chi connectivity index (χ2v) is 4.60. The molecule has 0 spiro atoms. The molecule has 0 bridgehead atoms. The first-order valence-electron chi connectivity index (χ1n) is 5.75. The van der Waals surface area contributed by atoms with Crippen LogP contribution in [0.4, 0.5) is 5.82 Å². The van der Waals surface area contributed by atoms with Crippen molar-refractivity contribution in [1.82, 2.24) is 15.2 Å². The van der Waals surface area contributed by atoms with Gasteiger partial charge in [-0.05, 0) is 43.5 Å². The number of halogens is 1. The summed E-state index contributed by atoms with van der Waals surface area (Å²) in [5.41, 5.74) is 3.07. The molecule has 4 nitrogen and oxygen atoms in total. The Kier molecular flexibility index (Phi) is 3.77. The highest BCUT2D eigenvalue weighted by molar-refractivity contribution is 6.30. The zero-order valence-electron chi connectivity index (χ0n) is 10.6. The summed E-state index contributed by atoms with van der Waals surface area (Å²) in [4.78, 5) is 4.10. The van der Waals surface area contributed by atoms with Crippen molar-refractivity contribution in [2.45, 2.75) is 26.8 Å².